The molecule has 0 bridgehead atoms. The van der Waals surface area contributed by atoms with Crippen LogP contribution in [0.2, 0.25) is 0 Å². The van der Waals surface area contributed by atoms with E-state index >= 15 is 0 Å². The zero-order valence-electron chi connectivity index (χ0n) is 10.7. The molecule has 1 aromatic carbocycles. The van der Waals surface area contributed by atoms with Crippen LogP contribution >= 0.6 is 11.3 Å². The Morgan fingerprint density at radius 1 is 1.30 bits per heavy atom. The Morgan fingerprint density at radius 3 is 2.80 bits per heavy atom. The van der Waals surface area contributed by atoms with Crippen molar-refractivity contribution in [2.45, 2.75) is 6.92 Å². The first-order valence-electron chi connectivity index (χ1n) is 5.97. The molecule has 0 radical (unpaired) electrons. The quantitative estimate of drug-likeness (QED) is 0.801. The molecule has 0 spiro atoms. The smallest absolute Gasteiger partial charge is 0.256 e. The van der Waals surface area contributed by atoms with E-state index in [1.165, 1.54) is 17.6 Å². The summed E-state index contributed by atoms with van der Waals surface area (Å²) in [4.78, 5) is 16.5. The average Bonchev–Trinajstić information content (AvgIpc) is 3.08. The Hall–Kier alpha value is -2.47. The average molecular weight is 285 g/mol. The Kier molecular flexibility index (Phi) is 3.30. The minimum Gasteiger partial charge on any atom is -0.362 e. The van der Waals surface area contributed by atoms with Crippen molar-refractivity contribution in [2.24, 2.45) is 0 Å². The minimum atomic E-state index is -0.228. The van der Waals surface area contributed by atoms with Crippen LogP contribution in [0.25, 0.3) is 10.6 Å². The van der Waals surface area contributed by atoms with Gasteiger partial charge in [0, 0.05) is 16.6 Å². The van der Waals surface area contributed by atoms with E-state index < -0.39 is 0 Å². The fourth-order valence-corrected chi connectivity index (χ4v) is 2.53. The van der Waals surface area contributed by atoms with Crippen LogP contribution in [-0.2, 0) is 0 Å². The molecule has 1 N–H and O–H groups in total. The van der Waals surface area contributed by atoms with Crippen molar-refractivity contribution >= 4 is 23.1 Å². The van der Waals surface area contributed by atoms with E-state index in [1.807, 2.05) is 30.5 Å². The lowest BCUT2D eigenvalue weighted by molar-refractivity contribution is 0.102. The molecular weight excluding hydrogens is 274 g/mol. The van der Waals surface area contributed by atoms with Gasteiger partial charge >= 0.3 is 0 Å². The van der Waals surface area contributed by atoms with E-state index in [2.05, 4.69) is 15.5 Å². The number of carbonyl (C=O) groups is 1. The normalized spacial score (nSPS) is 10.4. The van der Waals surface area contributed by atoms with Crippen LogP contribution in [0.15, 0.2) is 46.5 Å². The topological polar surface area (TPSA) is 68.0 Å². The van der Waals surface area contributed by atoms with Crippen molar-refractivity contribution in [3.05, 3.63) is 53.2 Å². The lowest BCUT2D eigenvalue weighted by Crippen LogP contribution is -2.12. The number of amides is 1. The molecule has 0 unspecified atom stereocenters. The van der Waals surface area contributed by atoms with Crippen molar-refractivity contribution in [1.82, 2.24) is 10.1 Å². The van der Waals surface area contributed by atoms with Gasteiger partial charge in [0.1, 0.15) is 11.3 Å². The minimum absolute atomic E-state index is 0.228. The molecule has 0 saturated heterocycles. The number of carbonyl (C=O) groups excluding carboxylic acids is 1. The Bertz CT molecular complexity index is 734. The maximum Gasteiger partial charge on any atom is 0.256 e. The largest absolute Gasteiger partial charge is 0.362 e. The van der Waals surface area contributed by atoms with Crippen LogP contribution in [0.3, 0.4) is 0 Å². The molecule has 3 aromatic rings. The number of nitrogens with one attached hydrogen (secondary N) is 1. The first-order chi connectivity index (χ1) is 9.74. The summed E-state index contributed by atoms with van der Waals surface area (Å²) in [6, 6.07) is 8.95. The number of aryl methyl sites for hydroxylation is 1. The first-order valence-corrected chi connectivity index (χ1v) is 6.85. The van der Waals surface area contributed by atoms with E-state index in [0.29, 0.717) is 16.9 Å². The van der Waals surface area contributed by atoms with Gasteiger partial charge in [-0.3, -0.25) is 4.79 Å². The molecule has 0 atom stereocenters. The lowest BCUT2D eigenvalue weighted by atomic mass is 10.2. The molecule has 20 heavy (non-hydrogen) atoms. The third kappa shape index (κ3) is 2.46. The van der Waals surface area contributed by atoms with Gasteiger partial charge < -0.3 is 9.84 Å². The molecule has 5 nitrogen and oxygen atoms in total. The second-order valence-electron chi connectivity index (χ2n) is 4.19. The summed E-state index contributed by atoms with van der Waals surface area (Å²) >= 11 is 1.48. The zero-order valence-corrected chi connectivity index (χ0v) is 11.5. The van der Waals surface area contributed by atoms with Crippen LogP contribution in [0.4, 0.5) is 5.82 Å². The van der Waals surface area contributed by atoms with Gasteiger partial charge in [-0.15, -0.1) is 11.3 Å². The van der Waals surface area contributed by atoms with Crippen LogP contribution in [0.1, 0.15) is 16.1 Å². The molecule has 2 heterocycles. The first kappa shape index (κ1) is 12.6. The van der Waals surface area contributed by atoms with Crippen LogP contribution in [-0.4, -0.2) is 16.0 Å². The number of hydrogen-bond donors (Lipinski definition) is 1. The maximum atomic E-state index is 12.1. The van der Waals surface area contributed by atoms with Gasteiger partial charge in [0.05, 0.1) is 5.56 Å². The van der Waals surface area contributed by atoms with Crippen molar-refractivity contribution in [3.8, 4) is 10.6 Å². The molecule has 2 aromatic heterocycles. The van der Waals surface area contributed by atoms with Gasteiger partial charge in [0.25, 0.3) is 5.91 Å². The van der Waals surface area contributed by atoms with Gasteiger partial charge in [-0.2, -0.15) is 0 Å². The molecule has 0 fully saturated rings. The monoisotopic (exact) mass is 285 g/mol. The number of hydrogen-bond acceptors (Lipinski definition) is 5. The summed E-state index contributed by atoms with van der Waals surface area (Å²) in [5, 5.41) is 9.27. The fraction of sp³-hybridized carbons (Fsp3) is 0.0714. The van der Waals surface area contributed by atoms with Gasteiger partial charge in [0.15, 0.2) is 5.82 Å². The highest BCUT2D eigenvalue weighted by atomic mass is 32.1. The second kappa shape index (κ2) is 5.26. The third-order valence-corrected chi connectivity index (χ3v) is 3.68. The van der Waals surface area contributed by atoms with Gasteiger partial charge in [-0.1, -0.05) is 23.4 Å². The van der Waals surface area contributed by atoms with Crippen LogP contribution < -0.4 is 5.32 Å². The number of rotatable bonds is 3. The Balaban J connectivity index is 1.86. The maximum absolute atomic E-state index is 12.1. The summed E-state index contributed by atoms with van der Waals surface area (Å²) in [5.74, 6) is 0.155. The fourth-order valence-electron chi connectivity index (χ4n) is 1.73. The van der Waals surface area contributed by atoms with Gasteiger partial charge in [-0.05, 0) is 19.1 Å². The number of thiazole rings is 1. The van der Waals surface area contributed by atoms with Crippen molar-refractivity contribution < 1.29 is 9.32 Å². The summed E-state index contributed by atoms with van der Waals surface area (Å²) in [6.07, 6.45) is 1.48. The number of benzene rings is 1. The predicted octanol–water partition coefficient (Wildman–Crippen LogP) is 3.36. The predicted molar refractivity (Wildman–Crippen MR) is 76.7 cm³/mol. The van der Waals surface area contributed by atoms with Crippen molar-refractivity contribution in [1.29, 1.82) is 0 Å². The van der Waals surface area contributed by atoms with Gasteiger partial charge in [0.2, 0.25) is 0 Å². The highest BCUT2D eigenvalue weighted by Gasteiger charge is 2.16. The van der Waals surface area contributed by atoms with Crippen LogP contribution in [0, 0.1) is 6.92 Å². The van der Waals surface area contributed by atoms with E-state index in [0.717, 1.165) is 10.7 Å². The molecule has 0 aliphatic carbocycles. The summed E-state index contributed by atoms with van der Waals surface area (Å²) < 4.78 is 4.95. The standard InChI is InChI=1S/C14H11N3O2S/c1-9-8-20-14(15-9)11-7-19-17-12(11)16-13(18)10-5-3-2-4-6-10/h2-8H,1H3,(H,16,17,18). The molecular formula is C14H11N3O2S. The molecule has 1 amide bonds. The van der Waals surface area contributed by atoms with Gasteiger partial charge in [-0.25, -0.2) is 4.98 Å². The van der Waals surface area contributed by atoms with E-state index in [-0.39, 0.29) is 5.91 Å². The molecule has 100 valence electrons. The molecule has 6 heteroatoms. The highest BCUT2D eigenvalue weighted by molar-refractivity contribution is 7.13. The van der Waals surface area contributed by atoms with E-state index in [9.17, 15) is 4.79 Å². The van der Waals surface area contributed by atoms with Crippen molar-refractivity contribution in [2.75, 3.05) is 5.32 Å². The summed E-state index contributed by atoms with van der Waals surface area (Å²) in [7, 11) is 0. The highest BCUT2D eigenvalue weighted by Crippen LogP contribution is 2.29. The Morgan fingerprint density at radius 2 is 2.10 bits per heavy atom. The Labute approximate surface area is 119 Å². The number of nitrogens with zero attached hydrogens (tertiary/aromatic N) is 2. The SMILES string of the molecule is Cc1csc(-c2conc2NC(=O)c2ccccc2)n1. The molecule has 0 aliphatic rings. The summed E-state index contributed by atoms with van der Waals surface area (Å²) in [6.45, 7) is 1.91. The number of anilines is 1. The lowest BCUT2D eigenvalue weighted by Gasteiger charge is -2.02. The molecule has 3 rings (SSSR count). The van der Waals surface area contributed by atoms with Crippen molar-refractivity contribution in [3.63, 3.8) is 0 Å². The second-order valence-corrected chi connectivity index (χ2v) is 5.05. The van der Waals surface area contributed by atoms with E-state index in [4.69, 9.17) is 4.52 Å². The summed E-state index contributed by atoms with van der Waals surface area (Å²) in [5.41, 5.74) is 2.18. The van der Waals surface area contributed by atoms with E-state index in [1.54, 1.807) is 12.1 Å². The molecule has 0 saturated carbocycles. The molecule has 0 aliphatic heterocycles. The number of aromatic nitrogens is 2. The third-order valence-electron chi connectivity index (χ3n) is 2.69. The van der Waals surface area contributed by atoms with Crippen LogP contribution in [0.5, 0.6) is 0 Å². The zero-order chi connectivity index (χ0) is 13.9.